The maximum atomic E-state index is 10.3. The van der Waals surface area contributed by atoms with Crippen LogP contribution in [0.15, 0.2) is 77.7 Å². The number of phenols is 1. The fourth-order valence-corrected chi connectivity index (χ4v) is 2.85. The molecule has 3 nitrogen and oxygen atoms in total. The molecule has 24 heavy (non-hydrogen) atoms. The van der Waals surface area contributed by atoms with Gasteiger partial charge in [0.2, 0.25) is 0 Å². The maximum absolute atomic E-state index is 10.3. The lowest BCUT2D eigenvalue weighted by atomic mass is 10.0. The summed E-state index contributed by atoms with van der Waals surface area (Å²) in [5.74, 6) is 0.295. The van der Waals surface area contributed by atoms with Gasteiger partial charge in [0, 0.05) is 22.7 Å². The summed E-state index contributed by atoms with van der Waals surface area (Å²) >= 11 is 1.72. The Morgan fingerprint density at radius 3 is 2.25 bits per heavy atom. The number of anilines is 1. The summed E-state index contributed by atoms with van der Waals surface area (Å²) in [6.45, 7) is 0.534. The summed E-state index contributed by atoms with van der Waals surface area (Å²) in [5, 5.41) is 10.3. The highest BCUT2D eigenvalue weighted by atomic mass is 32.2. The van der Waals surface area contributed by atoms with Crippen LogP contribution in [0.3, 0.4) is 0 Å². The number of rotatable bonds is 6. The van der Waals surface area contributed by atoms with E-state index in [-0.39, 0.29) is 0 Å². The number of nitrogens with one attached hydrogen (secondary N) is 2. The van der Waals surface area contributed by atoms with E-state index in [9.17, 15) is 5.11 Å². The van der Waals surface area contributed by atoms with E-state index in [1.807, 2.05) is 48.5 Å². The van der Waals surface area contributed by atoms with Gasteiger partial charge in [-0.2, -0.15) is 0 Å². The predicted octanol–water partition coefficient (Wildman–Crippen LogP) is 4.90. The molecule has 0 saturated carbocycles. The van der Waals surface area contributed by atoms with Gasteiger partial charge in [0.05, 0.1) is 0 Å². The van der Waals surface area contributed by atoms with E-state index in [1.165, 1.54) is 4.90 Å². The molecule has 122 valence electrons. The lowest BCUT2D eigenvalue weighted by Crippen LogP contribution is -2.20. The van der Waals surface area contributed by atoms with Gasteiger partial charge < -0.3 is 10.5 Å². The van der Waals surface area contributed by atoms with E-state index in [2.05, 4.69) is 41.4 Å². The molecule has 3 aromatic rings. The molecule has 0 spiro atoms. The Hall–Kier alpha value is -2.43. The van der Waals surface area contributed by atoms with Crippen LogP contribution < -0.4 is 10.9 Å². The zero-order valence-electron chi connectivity index (χ0n) is 13.5. The lowest BCUT2D eigenvalue weighted by Gasteiger charge is -2.11. The third kappa shape index (κ3) is 4.10. The largest absolute Gasteiger partial charge is 0.508 e. The Labute approximate surface area is 146 Å². The highest BCUT2D eigenvalue weighted by molar-refractivity contribution is 7.98. The fourth-order valence-electron chi connectivity index (χ4n) is 2.44. The smallest absolute Gasteiger partial charge is 0.120 e. The van der Waals surface area contributed by atoms with Gasteiger partial charge in [0.15, 0.2) is 0 Å². The number of hydrogen-bond donors (Lipinski definition) is 3. The second kappa shape index (κ2) is 7.90. The Morgan fingerprint density at radius 1 is 0.875 bits per heavy atom. The molecule has 0 bridgehead atoms. The Morgan fingerprint density at radius 2 is 1.58 bits per heavy atom. The molecule has 4 heteroatoms. The van der Waals surface area contributed by atoms with Gasteiger partial charge in [-0.3, -0.25) is 0 Å². The number of hydrogen-bond acceptors (Lipinski definition) is 4. The summed E-state index contributed by atoms with van der Waals surface area (Å²) in [6.07, 6.45) is 2.06. The second-order valence-corrected chi connectivity index (χ2v) is 6.30. The molecule has 0 fully saturated rings. The minimum atomic E-state index is 0.295. The van der Waals surface area contributed by atoms with Crippen LogP contribution >= 0.6 is 11.8 Å². The molecule has 0 aliphatic carbocycles. The van der Waals surface area contributed by atoms with E-state index in [4.69, 9.17) is 0 Å². The average molecular weight is 336 g/mol. The van der Waals surface area contributed by atoms with Crippen molar-refractivity contribution in [3.05, 3.63) is 78.4 Å². The van der Waals surface area contributed by atoms with Crippen LogP contribution in [-0.4, -0.2) is 11.4 Å². The number of benzene rings is 3. The molecule has 0 unspecified atom stereocenters. The normalized spacial score (nSPS) is 10.5. The molecule has 3 rings (SSSR count). The van der Waals surface area contributed by atoms with Crippen molar-refractivity contribution in [3.63, 3.8) is 0 Å². The molecule has 0 amide bonds. The number of phenolic OH excluding ortho intramolecular Hbond substituents is 1. The van der Waals surface area contributed by atoms with E-state index < -0.39 is 0 Å². The summed E-state index contributed by atoms with van der Waals surface area (Å²) < 4.78 is 0. The van der Waals surface area contributed by atoms with Crippen LogP contribution in [0, 0.1) is 0 Å². The van der Waals surface area contributed by atoms with Gasteiger partial charge in [-0.15, -0.1) is 11.8 Å². The Balaban J connectivity index is 1.65. The summed E-state index contributed by atoms with van der Waals surface area (Å²) in [5.41, 5.74) is 10.2. The topological polar surface area (TPSA) is 44.3 Å². The first kappa shape index (κ1) is 16.4. The molecule has 0 radical (unpaired) electrons. The van der Waals surface area contributed by atoms with E-state index >= 15 is 0 Å². The maximum Gasteiger partial charge on any atom is 0.120 e. The highest BCUT2D eigenvalue weighted by Gasteiger charge is 2.05. The van der Waals surface area contributed by atoms with Crippen molar-refractivity contribution in [2.45, 2.75) is 11.4 Å². The number of thioether (sulfide) groups is 1. The van der Waals surface area contributed by atoms with Crippen molar-refractivity contribution in [3.8, 4) is 16.9 Å². The van der Waals surface area contributed by atoms with Crippen LogP contribution in [0.4, 0.5) is 5.69 Å². The minimum Gasteiger partial charge on any atom is -0.508 e. The molecule has 3 N–H and O–H groups in total. The van der Waals surface area contributed by atoms with Gasteiger partial charge in [-0.05, 0) is 47.7 Å². The van der Waals surface area contributed by atoms with Crippen LogP contribution in [0.2, 0.25) is 0 Å². The lowest BCUT2D eigenvalue weighted by molar-refractivity contribution is 0.466. The SMILES string of the molecule is CSc1ccc(-c2ccc(CNNc3ccccc3)c(O)c2)cc1. The fraction of sp³-hybridized carbons (Fsp3) is 0.100. The molecule has 0 saturated heterocycles. The molecule has 3 aromatic carbocycles. The van der Waals surface area contributed by atoms with Gasteiger partial charge in [0.1, 0.15) is 5.75 Å². The summed E-state index contributed by atoms with van der Waals surface area (Å²) in [7, 11) is 0. The molecular formula is C20H20N2OS. The van der Waals surface area contributed by atoms with Crippen molar-refractivity contribution in [2.75, 3.05) is 11.7 Å². The first-order chi connectivity index (χ1) is 11.8. The molecule has 0 aromatic heterocycles. The van der Waals surface area contributed by atoms with E-state index in [1.54, 1.807) is 11.8 Å². The quantitative estimate of drug-likeness (QED) is 0.443. The molecule has 0 heterocycles. The Kier molecular flexibility index (Phi) is 5.41. The van der Waals surface area contributed by atoms with Crippen molar-refractivity contribution in [2.24, 2.45) is 0 Å². The zero-order chi connectivity index (χ0) is 16.8. The number of para-hydroxylation sites is 1. The van der Waals surface area contributed by atoms with Crippen LogP contribution in [-0.2, 0) is 6.54 Å². The molecule has 0 aliphatic heterocycles. The third-order valence-electron chi connectivity index (χ3n) is 3.79. The van der Waals surface area contributed by atoms with Crippen molar-refractivity contribution in [1.82, 2.24) is 5.43 Å². The van der Waals surface area contributed by atoms with Crippen LogP contribution in [0.25, 0.3) is 11.1 Å². The number of hydrazine groups is 1. The van der Waals surface area contributed by atoms with E-state index in [0.29, 0.717) is 12.3 Å². The van der Waals surface area contributed by atoms with E-state index in [0.717, 1.165) is 22.4 Å². The second-order valence-electron chi connectivity index (χ2n) is 5.42. The highest BCUT2D eigenvalue weighted by Crippen LogP contribution is 2.28. The first-order valence-corrected chi connectivity index (χ1v) is 8.99. The third-order valence-corrected chi connectivity index (χ3v) is 4.54. The summed E-state index contributed by atoms with van der Waals surface area (Å²) in [6, 6.07) is 24.0. The van der Waals surface area contributed by atoms with Crippen molar-refractivity contribution < 1.29 is 5.11 Å². The van der Waals surface area contributed by atoms with Crippen LogP contribution in [0.1, 0.15) is 5.56 Å². The monoisotopic (exact) mass is 336 g/mol. The van der Waals surface area contributed by atoms with Crippen molar-refractivity contribution in [1.29, 1.82) is 0 Å². The standard InChI is InChI=1S/C20H20N2OS/c1-24-19-11-9-15(10-12-19)16-7-8-17(20(23)13-16)14-21-22-18-5-3-2-4-6-18/h2-13,21-23H,14H2,1H3. The predicted molar refractivity (Wildman–Crippen MR) is 102 cm³/mol. The molecule has 0 atom stereocenters. The van der Waals surface area contributed by atoms with Gasteiger partial charge in [0.25, 0.3) is 0 Å². The molecular weight excluding hydrogens is 316 g/mol. The number of aromatic hydroxyl groups is 1. The van der Waals surface area contributed by atoms with Crippen molar-refractivity contribution >= 4 is 17.4 Å². The Bertz CT molecular complexity index is 788. The summed E-state index contributed by atoms with van der Waals surface area (Å²) in [4.78, 5) is 1.23. The van der Waals surface area contributed by atoms with Gasteiger partial charge in [-0.25, -0.2) is 5.43 Å². The minimum absolute atomic E-state index is 0.295. The van der Waals surface area contributed by atoms with Crippen LogP contribution in [0.5, 0.6) is 5.75 Å². The zero-order valence-corrected chi connectivity index (χ0v) is 14.3. The van der Waals surface area contributed by atoms with Gasteiger partial charge >= 0.3 is 0 Å². The average Bonchev–Trinajstić information content (AvgIpc) is 2.64. The first-order valence-electron chi connectivity index (χ1n) is 7.76. The van der Waals surface area contributed by atoms with Gasteiger partial charge in [-0.1, -0.05) is 42.5 Å². The molecule has 0 aliphatic rings.